The molecule has 0 bridgehead atoms. The van der Waals surface area contributed by atoms with Crippen LogP contribution in [-0.4, -0.2) is 46.6 Å². The number of nitrogens with zero attached hydrogens (tertiary/aromatic N) is 3. The number of carbonyl (C=O) groups is 2. The van der Waals surface area contributed by atoms with Crippen molar-refractivity contribution in [3.8, 4) is 11.5 Å². The van der Waals surface area contributed by atoms with Gasteiger partial charge in [0.2, 0.25) is 11.8 Å². The minimum Gasteiger partial charge on any atom is -0.493 e. The lowest BCUT2D eigenvalue weighted by Crippen LogP contribution is -2.24. The average molecular weight is 393 g/mol. The number of hydrogen-bond acceptors (Lipinski definition) is 7. The van der Waals surface area contributed by atoms with Gasteiger partial charge in [-0.25, -0.2) is 0 Å². The Kier molecular flexibility index (Phi) is 7.47. The average Bonchev–Trinajstić information content (AvgIpc) is 3.02. The van der Waals surface area contributed by atoms with Gasteiger partial charge in [-0.1, -0.05) is 17.8 Å². The molecule has 1 aromatic heterocycles. The second-order valence-electron chi connectivity index (χ2n) is 5.68. The Morgan fingerprint density at radius 2 is 1.96 bits per heavy atom. The molecule has 2 aromatic rings. The SMILES string of the molecule is COc1ccc(CNC(=O)CSc2nnc(CCC(N)=O)n2C)cc1OC. The molecular weight excluding hydrogens is 370 g/mol. The minimum atomic E-state index is -0.387. The maximum Gasteiger partial charge on any atom is 0.230 e. The molecule has 146 valence electrons. The third-order valence-electron chi connectivity index (χ3n) is 3.79. The van der Waals surface area contributed by atoms with Crippen molar-refractivity contribution in [3.05, 3.63) is 29.6 Å². The topological polar surface area (TPSA) is 121 Å². The lowest BCUT2D eigenvalue weighted by atomic mass is 10.2. The maximum atomic E-state index is 12.1. The van der Waals surface area contributed by atoms with Gasteiger partial charge in [0.05, 0.1) is 20.0 Å². The van der Waals surface area contributed by atoms with E-state index in [4.69, 9.17) is 15.2 Å². The summed E-state index contributed by atoms with van der Waals surface area (Å²) in [6, 6.07) is 5.48. The third-order valence-corrected chi connectivity index (χ3v) is 4.81. The summed E-state index contributed by atoms with van der Waals surface area (Å²) < 4.78 is 12.2. The van der Waals surface area contributed by atoms with Crippen LogP contribution in [0.1, 0.15) is 17.8 Å². The molecule has 0 saturated carbocycles. The first-order valence-electron chi connectivity index (χ1n) is 8.21. The fourth-order valence-electron chi connectivity index (χ4n) is 2.30. The lowest BCUT2D eigenvalue weighted by Gasteiger charge is -2.10. The summed E-state index contributed by atoms with van der Waals surface area (Å²) in [7, 11) is 4.93. The van der Waals surface area contributed by atoms with Gasteiger partial charge in [-0.3, -0.25) is 9.59 Å². The molecular formula is C17H23N5O4S. The van der Waals surface area contributed by atoms with Crippen LogP contribution in [-0.2, 0) is 29.6 Å². The molecule has 27 heavy (non-hydrogen) atoms. The Hall–Kier alpha value is -2.75. The van der Waals surface area contributed by atoms with Crippen LogP contribution >= 0.6 is 11.8 Å². The fourth-order valence-corrected chi connectivity index (χ4v) is 3.06. The number of aromatic nitrogens is 3. The number of carbonyl (C=O) groups excluding carboxylic acids is 2. The first-order valence-corrected chi connectivity index (χ1v) is 9.20. The quantitative estimate of drug-likeness (QED) is 0.569. The van der Waals surface area contributed by atoms with Crippen LogP contribution in [0.25, 0.3) is 0 Å². The highest BCUT2D eigenvalue weighted by molar-refractivity contribution is 7.99. The van der Waals surface area contributed by atoms with Crippen molar-refractivity contribution in [2.45, 2.75) is 24.5 Å². The number of aryl methyl sites for hydroxylation is 1. The van der Waals surface area contributed by atoms with Crippen molar-refractivity contribution in [2.75, 3.05) is 20.0 Å². The molecule has 0 fully saturated rings. The van der Waals surface area contributed by atoms with Crippen LogP contribution in [0.3, 0.4) is 0 Å². The second kappa shape index (κ2) is 9.81. The number of hydrogen-bond donors (Lipinski definition) is 2. The number of nitrogens with one attached hydrogen (secondary N) is 1. The highest BCUT2D eigenvalue weighted by Gasteiger charge is 2.12. The second-order valence-corrected chi connectivity index (χ2v) is 6.62. The predicted octanol–water partition coefficient (Wildman–Crippen LogP) is 0.659. The van der Waals surface area contributed by atoms with E-state index in [1.54, 1.807) is 31.9 Å². The summed E-state index contributed by atoms with van der Waals surface area (Å²) in [6.45, 7) is 0.377. The monoisotopic (exact) mass is 393 g/mol. The van der Waals surface area contributed by atoms with E-state index in [9.17, 15) is 9.59 Å². The van der Waals surface area contributed by atoms with Crippen LogP contribution in [0, 0.1) is 0 Å². The van der Waals surface area contributed by atoms with Crippen molar-refractivity contribution in [1.82, 2.24) is 20.1 Å². The summed E-state index contributed by atoms with van der Waals surface area (Å²) in [4.78, 5) is 23.0. The van der Waals surface area contributed by atoms with Gasteiger partial charge in [0.25, 0.3) is 0 Å². The normalized spacial score (nSPS) is 10.5. The number of thioether (sulfide) groups is 1. The van der Waals surface area contributed by atoms with Gasteiger partial charge < -0.3 is 25.1 Å². The van der Waals surface area contributed by atoms with E-state index in [1.807, 2.05) is 12.1 Å². The maximum absolute atomic E-state index is 12.1. The Bertz CT molecular complexity index is 809. The molecule has 2 amide bonds. The Labute approximate surface area is 161 Å². The van der Waals surface area contributed by atoms with Crippen molar-refractivity contribution in [3.63, 3.8) is 0 Å². The first kappa shape index (κ1) is 20.6. The molecule has 0 saturated heterocycles. The summed E-state index contributed by atoms with van der Waals surface area (Å²) in [6.07, 6.45) is 0.632. The molecule has 0 atom stereocenters. The largest absolute Gasteiger partial charge is 0.493 e. The number of rotatable bonds is 10. The number of amides is 2. The van der Waals surface area contributed by atoms with E-state index in [0.29, 0.717) is 35.4 Å². The van der Waals surface area contributed by atoms with E-state index < -0.39 is 0 Å². The highest BCUT2D eigenvalue weighted by atomic mass is 32.2. The van der Waals surface area contributed by atoms with E-state index in [-0.39, 0.29) is 24.0 Å². The van der Waals surface area contributed by atoms with Crippen LogP contribution in [0.4, 0.5) is 0 Å². The molecule has 0 aliphatic carbocycles. The zero-order chi connectivity index (χ0) is 19.8. The van der Waals surface area contributed by atoms with E-state index in [2.05, 4.69) is 15.5 Å². The summed E-state index contributed by atoms with van der Waals surface area (Å²) >= 11 is 1.28. The summed E-state index contributed by atoms with van der Waals surface area (Å²) in [5, 5.41) is 11.5. The summed E-state index contributed by atoms with van der Waals surface area (Å²) in [5.41, 5.74) is 6.04. The number of methoxy groups -OCH3 is 2. The Morgan fingerprint density at radius 3 is 2.63 bits per heavy atom. The molecule has 2 rings (SSSR count). The van der Waals surface area contributed by atoms with Gasteiger partial charge in [0.15, 0.2) is 16.7 Å². The zero-order valence-electron chi connectivity index (χ0n) is 15.5. The van der Waals surface area contributed by atoms with E-state index >= 15 is 0 Å². The van der Waals surface area contributed by atoms with Crippen LogP contribution in [0.15, 0.2) is 23.4 Å². The highest BCUT2D eigenvalue weighted by Crippen LogP contribution is 2.27. The van der Waals surface area contributed by atoms with Crippen molar-refractivity contribution in [2.24, 2.45) is 12.8 Å². The molecule has 0 radical (unpaired) electrons. The van der Waals surface area contributed by atoms with Gasteiger partial charge in [-0.2, -0.15) is 0 Å². The first-order chi connectivity index (χ1) is 12.9. The van der Waals surface area contributed by atoms with E-state index in [1.165, 1.54) is 11.8 Å². The molecule has 0 spiro atoms. The third kappa shape index (κ3) is 5.88. The molecule has 1 aromatic carbocycles. The lowest BCUT2D eigenvalue weighted by molar-refractivity contribution is -0.119. The molecule has 10 heteroatoms. The number of benzene rings is 1. The van der Waals surface area contributed by atoms with Crippen LogP contribution in [0.2, 0.25) is 0 Å². The molecule has 3 N–H and O–H groups in total. The smallest absolute Gasteiger partial charge is 0.230 e. The molecule has 0 aliphatic heterocycles. The van der Waals surface area contributed by atoms with Gasteiger partial charge in [0.1, 0.15) is 5.82 Å². The summed E-state index contributed by atoms with van der Waals surface area (Å²) in [5.74, 6) is 1.59. The van der Waals surface area contributed by atoms with Crippen molar-refractivity contribution in [1.29, 1.82) is 0 Å². The predicted molar refractivity (Wildman–Crippen MR) is 101 cm³/mol. The fraction of sp³-hybridized carbons (Fsp3) is 0.412. The molecule has 1 heterocycles. The molecule has 0 aliphatic rings. The molecule has 0 unspecified atom stereocenters. The van der Waals surface area contributed by atoms with E-state index in [0.717, 1.165) is 5.56 Å². The number of ether oxygens (including phenoxy) is 2. The number of primary amides is 1. The van der Waals surface area contributed by atoms with Gasteiger partial charge in [-0.15, -0.1) is 10.2 Å². The molecule has 9 nitrogen and oxygen atoms in total. The number of nitrogens with two attached hydrogens (primary N) is 1. The van der Waals surface area contributed by atoms with Crippen LogP contribution in [0.5, 0.6) is 11.5 Å². The Morgan fingerprint density at radius 1 is 1.22 bits per heavy atom. The minimum absolute atomic E-state index is 0.128. The van der Waals surface area contributed by atoms with Gasteiger partial charge >= 0.3 is 0 Å². The zero-order valence-corrected chi connectivity index (χ0v) is 16.3. The Balaban J connectivity index is 1.84. The standard InChI is InChI=1S/C17H23N5O4S/c1-22-15(7-6-14(18)23)20-21-17(22)27-10-16(24)19-9-11-4-5-12(25-2)13(8-11)26-3/h4-5,8H,6-7,9-10H2,1-3H3,(H2,18,23)(H,19,24). The van der Waals surface area contributed by atoms with Crippen LogP contribution < -0.4 is 20.5 Å². The van der Waals surface area contributed by atoms with Gasteiger partial charge in [0, 0.05) is 26.4 Å². The van der Waals surface area contributed by atoms with Crippen molar-refractivity contribution < 1.29 is 19.1 Å². The van der Waals surface area contributed by atoms with Crippen molar-refractivity contribution >= 4 is 23.6 Å². The van der Waals surface area contributed by atoms with Gasteiger partial charge in [-0.05, 0) is 17.7 Å².